The van der Waals surface area contributed by atoms with E-state index in [2.05, 4.69) is 15.4 Å². The molecule has 0 unspecified atom stereocenters. The minimum absolute atomic E-state index is 0.291. The molecule has 0 aliphatic rings. The Hall–Kier alpha value is -2.38. The van der Waals surface area contributed by atoms with Crippen LogP contribution in [0, 0.1) is 6.92 Å². The molecule has 0 saturated carbocycles. The first-order valence-corrected chi connectivity index (χ1v) is 9.87. The molecule has 0 heterocycles. The van der Waals surface area contributed by atoms with Crippen LogP contribution in [0.5, 0.6) is 0 Å². The molecule has 6 nitrogen and oxygen atoms in total. The third-order valence-corrected chi connectivity index (χ3v) is 4.22. The fraction of sp³-hybridized carbons (Fsp3) is 0.278. The van der Waals surface area contributed by atoms with Gasteiger partial charge in [-0.05, 0) is 42.8 Å². The van der Waals surface area contributed by atoms with Crippen LogP contribution in [0.15, 0.2) is 42.5 Å². The summed E-state index contributed by atoms with van der Waals surface area (Å²) in [5.41, 5.74) is 3.24. The van der Waals surface area contributed by atoms with Crippen LogP contribution in [-0.2, 0) is 16.6 Å². The van der Waals surface area contributed by atoms with Crippen LogP contribution in [0.2, 0.25) is 0 Å². The normalized spacial score (nSPS) is 11.2. The molecule has 0 aliphatic carbocycles. The van der Waals surface area contributed by atoms with E-state index < -0.39 is 10.0 Å². The van der Waals surface area contributed by atoms with Gasteiger partial charge in [0.1, 0.15) is 0 Å². The Labute approximate surface area is 148 Å². The first-order valence-electron chi connectivity index (χ1n) is 7.98. The van der Waals surface area contributed by atoms with Gasteiger partial charge in [0, 0.05) is 17.8 Å². The van der Waals surface area contributed by atoms with Gasteiger partial charge in [-0.2, -0.15) is 0 Å². The summed E-state index contributed by atoms with van der Waals surface area (Å²) in [6.45, 7) is 5.28. The van der Waals surface area contributed by atoms with Gasteiger partial charge in [0.2, 0.25) is 10.0 Å². The van der Waals surface area contributed by atoms with E-state index in [0.29, 0.717) is 17.8 Å². The van der Waals surface area contributed by atoms with Crippen molar-refractivity contribution in [2.24, 2.45) is 0 Å². The zero-order valence-electron chi connectivity index (χ0n) is 14.6. The number of carbonyl (C=O) groups is 1. The molecule has 0 saturated heterocycles. The Morgan fingerprint density at radius 3 is 2.48 bits per heavy atom. The van der Waals surface area contributed by atoms with Gasteiger partial charge in [0.15, 0.2) is 0 Å². The highest BCUT2D eigenvalue weighted by molar-refractivity contribution is 7.92. The number of hydrogen-bond acceptors (Lipinski definition) is 4. The Balaban J connectivity index is 2.23. The van der Waals surface area contributed by atoms with Crippen molar-refractivity contribution in [2.75, 3.05) is 22.8 Å². The lowest BCUT2D eigenvalue weighted by Crippen LogP contribution is -2.17. The second kappa shape index (κ2) is 8.13. The average molecular weight is 361 g/mol. The number of hydrogen-bond donors (Lipinski definition) is 3. The number of sulfonamides is 1. The first-order chi connectivity index (χ1) is 11.8. The van der Waals surface area contributed by atoms with E-state index >= 15 is 0 Å². The highest BCUT2D eigenvalue weighted by atomic mass is 32.2. The maximum absolute atomic E-state index is 12.6. The van der Waals surface area contributed by atoms with Gasteiger partial charge in [-0.1, -0.05) is 31.2 Å². The Morgan fingerprint density at radius 2 is 1.80 bits per heavy atom. The number of carbonyl (C=O) groups excluding carboxylic acids is 1. The van der Waals surface area contributed by atoms with Crippen molar-refractivity contribution in [1.82, 2.24) is 5.32 Å². The second-order valence-corrected chi connectivity index (χ2v) is 7.54. The van der Waals surface area contributed by atoms with E-state index in [9.17, 15) is 13.2 Å². The van der Waals surface area contributed by atoms with Crippen molar-refractivity contribution in [3.8, 4) is 0 Å². The van der Waals surface area contributed by atoms with Gasteiger partial charge >= 0.3 is 0 Å². The third-order valence-electron chi connectivity index (χ3n) is 3.63. The van der Waals surface area contributed by atoms with Gasteiger partial charge in [-0.25, -0.2) is 8.42 Å². The Kier molecular flexibility index (Phi) is 6.17. The van der Waals surface area contributed by atoms with E-state index in [4.69, 9.17) is 0 Å². The monoisotopic (exact) mass is 361 g/mol. The van der Waals surface area contributed by atoms with Crippen LogP contribution in [-0.4, -0.2) is 27.1 Å². The molecular weight excluding hydrogens is 338 g/mol. The molecule has 25 heavy (non-hydrogen) atoms. The lowest BCUT2D eigenvalue weighted by molar-refractivity contribution is 0.102. The van der Waals surface area contributed by atoms with Gasteiger partial charge < -0.3 is 10.6 Å². The summed E-state index contributed by atoms with van der Waals surface area (Å²) in [4.78, 5) is 12.6. The highest BCUT2D eigenvalue weighted by Gasteiger charge is 2.12. The minimum Gasteiger partial charge on any atom is -0.322 e. The van der Waals surface area contributed by atoms with Crippen LogP contribution < -0.4 is 15.4 Å². The fourth-order valence-corrected chi connectivity index (χ4v) is 2.94. The van der Waals surface area contributed by atoms with Crippen molar-refractivity contribution >= 4 is 27.3 Å². The van der Waals surface area contributed by atoms with Crippen LogP contribution in [0.1, 0.15) is 28.4 Å². The van der Waals surface area contributed by atoms with E-state index in [0.717, 1.165) is 29.6 Å². The zero-order chi connectivity index (χ0) is 18.4. The van der Waals surface area contributed by atoms with Crippen molar-refractivity contribution in [3.63, 3.8) is 0 Å². The summed E-state index contributed by atoms with van der Waals surface area (Å²) in [6.07, 6.45) is 1.08. The molecule has 7 heteroatoms. The van der Waals surface area contributed by atoms with Gasteiger partial charge in [0.25, 0.3) is 5.91 Å². The SMILES string of the molecule is CCNCc1ccccc1NC(=O)c1ccc(C)c(NS(C)(=O)=O)c1. The lowest BCUT2D eigenvalue weighted by atomic mass is 10.1. The third kappa shape index (κ3) is 5.58. The minimum atomic E-state index is -3.41. The molecule has 0 radical (unpaired) electrons. The van der Waals surface area contributed by atoms with Crippen molar-refractivity contribution < 1.29 is 13.2 Å². The van der Waals surface area contributed by atoms with E-state index in [1.807, 2.05) is 31.2 Å². The Bertz CT molecular complexity index is 864. The largest absolute Gasteiger partial charge is 0.322 e. The molecule has 0 fully saturated rings. The molecule has 3 N–H and O–H groups in total. The summed E-state index contributed by atoms with van der Waals surface area (Å²) >= 11 is 0. The molecule has 0 atom stereocenters. The second-order valence-electron chi connectivity index (χ2n) is 5.80. The van der Waals surface area contributed by atoms with E-state index in [1.54, 1.807) is 25.1 Å². The number of anilines is 2. The first kappa shape index (κ1) is 19.0. The van der Waals surface area contributed by atoms with Crippen molar-refractivity contribution in [1.29, 1.82) is 0 Å². The molecular formula is C18H23N3O3S. The van der Waals surface area contributed by atoms with Gasteiger partial charge in [-0.3, -0.25) is 9.52 Å². The Morgan fingerprint density at radius 1 is 1.08 bits per heavy atom. The molecule has 1 amide bonds. The van der Waals surface area contributed by atoms with Gasteiger partial charge in [-0.15, -0.1) is 0 Å². The number of rotatable bonds is 7. The lowest BCUT2D eigenvalue weighted by Gasteiger charge is -2.13. The summed E-state index contributed by atoms with van der Waals surface area (Å²) in [5, 5.41) is 6.12. The summed E-state index contributed by atoms with van der Waals surface area (Å²) < 4.78 is 25.3. The summed E-state index contributed by atoms with van der Waals surface area (Å²) in [5.74, 6) is -0.291. The predicted octanol–water partition coefficient (Wildman–Crippen LogP) is 2.73. The molecule has 2 aromatic carbocycles. The van der Waals surface area contributed by atoms with Crippen LogP contribution in [0.25, 0.3) is 0 Å². The van der Waals surface area contributed by atoms with Crippen LogP contribution in [0.3, 0.4) is 0 Å². The number of nitrogens with one attached hydrogen (secondary N) is 3. The summed E-state index contributed by atoms with van der Waals surface area (Å²) in [7, 11) is -3.41. The fourth-order valence-electron chi connectivity index (χ4n) is 2.32. The predicted molar refractivity (Wildman–Crippen MR) is 101 cm³/mol. The standard InChI is InChI=1S/C18H23N3O3S/c1-4-19-12-15-7-5-6-8-16(15)20-18(22)14-10-9-13(2)17(11-14)21-25(3,23)24/h5-11,19,21H,4,12H2,1-3H3,(H,20,22). The molecule has 0 bridgehead atoms. The van der Waals surface area contributed by atoms with Crippen LogP contribution >= 0.6 is 0 Å². The quantitative estimate of drug-likeness (QED) is 0.708. The van der Waals surface area contributed by atoms with Crippen molar-refractivity contribution in [3.05, 3.63) is 59.2 Å². The number of amides is 1. The smallest absolute Gasteiger partial charge is 0.255 e. The zero-order valence-corrected chi connectivity index (χ0v) is 15.4. The van der Waals surface area contributed by atoms with E-state index in [1.165, 1.54) is 0 Å². The highest BCUT2D eigenvalue weighted by Crippen LogP contribution is 2.20. The molecule has 0 aromatic heterocycles. The molecule has 2 aromatic rings. The number of para-hydroxylation sites is 1. The maximum atomic E-state index is 12.6. The molecule has 0 spiro atoms. The number of benzene rings is 2. The van der Waals surface area contributed by atoms with Crippen LogP contribution in [0.4, 0.5) is 11.4 Å². The average Bonchev–Trinajstić information content (AvgIpc) is 2.54. The maximum Gasteiger partial charge on any atom is 0.255 e. The van der Waals surface area contributed by atoms with Gasteiger partial charge in [0.05, 0.1) is 11.9 Å². The molecule has 2 rings (SSSR count). The van der Waals surface area contributed by atoms with E-state index in [-0.39, 0.29) is 5.91 Å². The number of aryl methyl sites for hydroxylation is 1. The molecule has 0 aliphatic heterocycles. The van der Waals surface area contributed by atoms with Crippen molar-refractivity contribution in [2.45, 2.75) is 20.4 Å². The molecule has 134 valence electrons. The topological polar surface area (TPSA) is 87.3 Å². The summed E-state index contributed by atoms with van der Waals surface area (Å²) in [6, 6.07) is 12.5.